The quantitative estimate of drug-likeness (QED) is 0.795. The van der Waals surface area contributed by atoms with E-state index in [-0.39, 0.29) is 0 Å². The van der Waals surface area contributed by atoms with Crippen molar-refractivity contribution in [3.05, 3.63) is 17.7 Å². The standard InChI is InChI=1S/C11H20N4/c1-3-10-11(13-9-12-10)8-15-6-4-14(2)5-7-15/h9H,3-8H2,1-2H3,(H,12,13). The molecule has 4 heteroatoms. The summed E-state index contributed by atoms with van der Waals surface area (Å²) in [5.41, 5.74) is 2.51. The predicted molar refractivity (Wildman–Crippen MR) is 60.7 cm³/mol. The highest BCUT2D eigenvalue weighted by Gasteiger charge is 2.15. The van der Waals surface area contributed by atoms with E-state index in [1.165, 1.54) is 37.6 Å². The Labute approximate surface area is 91.3 Å². The molecule has 0 aromatic carbocycles. The molecule has 2 rings (SSSR count). The fourth-order valence-electron chi connectivity index (χ4n) is 2.02. The number of imidazole rings is 1. The molecule has 1 aliphatic rings. The molecule has 1 fully saturated rings. The van der Waals surface area contributed by atoms with E-state index >= 15 is 0 Å². The molecule has 0 unspecified atom stereocenters. The third kappa shape index (κ3) is 2.58. The number of hydrogen-bond acceptors (Lipinski definition) is 3. The van der Waals surface area contributed by atoms with E-state index in [0.29, 0.717) is 0 Å². The van der Waals surface area contributed by atoms with Crippen molar-refractivity contribution in [1.29, 1.82) is 0 Å². The average molecular weight is 208 g/mol. The number of aryl methyl sites for hydroxylation is 1. The zero-order chi connectivity index (χ0) is 10.7. The van der Waals surface area contributed by atoms with Gasteiger partial charge < -0.3 is 9.88 Å². The van der Waals surface area contributed by atoms with Crippen LogP contribution in [0.25, 0.3) is 0 Å². The Kier molecular flexibility index (Phi) is 3.38. The SMILES string of the molecule is CCc1nc[nH]c1CN1CCN(C)CC1. The minimum Gasteiger partial charge on any atom is -0.347 e. The topological polar surface area (TPSA) is 35.2 Å². The number of nitrogens with zero attached hydrogens (tertiary/aromatic N) is 3. The van der Waals surface area contributed by atoms with E-state index in [0.717, 1.165) is 13.0 Å². The smallest absolute Gasteiger partial charge is 0.0925 e. The third-order valence-corrected chi connectivity index (χ3v) is 3.12. The summed E-state index contributed by atoms with van der Waals surface area (Å²) in [6.07, 6.45) is 2.83. The number of nitrogens with one attached hydrogen (secondary N) is 1. The molecule has 2 heterocycles. The van der Waals surface area contributed by atoms with Gasteiger partial charge in [0.15, 0.2) is 0 Å². The zero-order valence-corrected chi connectivity index (χ0v) is 9.66. The number of hydrogen-bond donors (Lipinski definition) is 1. The number of likely N-dealkylation sites (N-methyl/N-ethyl adjacent to an activating group) is 1. The van der Waals surface area contributed by atoms with Crippen LogP contribution in [-0.4, -0.2) is 53.0 Å². The van der Waals surface area contributed by atoms with Crippen LogP contribution in [0.1, 0.15) is 18.3 Å². The molecule has 1 aromatic heterocycles. The molecular formula is C11H20N4. The molecule has 0 aliphatic carbocycles. The van der Waals surface area contributed by atoms with Crippen LogP contribution in [0.2, 0.25) is 0 Å². The van der Waals surface area contributed by atoms with Crippen molar-refractivity contribution in [1.82, 2.24) is 19.8 Å². The van der Waals surface area contributed by atoms with Crippen molar-refractivity contribution in [2.45, 2.75) is 19.9 Å². The minimum absolute atomic E-state index is 1.02. The highest BCUT2D eigenvalue weighted by Crippen LogP contribution is 2.09. The minimum atomic E-state index is 1.02. The van der Waals surface area contributed by atoms with E-state index in [4.69, 9.17) is 0 Å². The largest absolute Gasteiger partial charge is 0.347 e. The van der Waals surface area contributed by atoms with Gasteiger partial charge in [0.2, 0.25) is 0 Å². The van der Waals surface area contributed by atoms with Crippen molar-refractivity contribution < 1.29 is 0 Å². The summed E-state index contributed by atoms with van der Waals surface area (Å²) >= 11 is 0. The zero-order valence-electron chi connectivity index (χ0n) is 9.66. The normalized spacial score (nSPS) is 19.6. The van der Waals surface area contributed by atoms with Crippen LogP contribution in [0.4, 0.5) is 0 Å². The summed E-state index contributed by atoms with van der Waals surface area (Å²) in [6, 6.07) is 0. The monoisotopic (exact) mass is 208 g/mol. The molecule has 0 atom stereocenters. The molecule has 0 amide bonds. The lowest BCUT2D eigenvalue weighted by Gasteiger charge is -2.32. The highest BCUT2D eigenvalue weighted by molar-refractivity contribution is 5.10. The first-order valence-corrected chi connectivity index (χ1v) is 5.71. The van der Waals surface area contributed by atoms with Gasteiger partial charge >= 0.3 is 0 Å². The summed E-state index contributed by atoms with van der Waals surface area (Å²) in [5.74, 6) is 0. The summed E-state index contributed by atoms with van der Waals surface area (Å²) in [6.45, 7) is 7.86. The van der Waals surface area contributed by atoms with Gasteiger partial charge in [-0.2, -0.15) is 0 Å². The summed E-state index contributed by atoms with van der Waals surface area (Å²) in [5, 5.41) is 0. The number of H-pyrrole nitrogens is 1. The second-order valence-corrected chi connectivity index (χ2v) is 4.26. The van der Waals surface area contributed by atoms with Gasteiger partial charge in [0.05, 0.1) is 17.7 Å². The molecule has 0 saturated carbocycles. The maximum absolute atomic E-state index is 4.32. The molecule has 1 N–H and O–H groups in total. The van der Waals surface area contributed by atoms with Gasteiger partial charge in [0, 0.05) is 32.7 Å². The van der Waals surface area contributed by atoms with Crippen LogP contribution in [0.3, 0.4) is 0 Å². The Morgan fingerprint density at radius 1 is 1.33 bits per heavy atom. The molecule has 15 heavy (non-hydrogen) atoms. The van der Waals surface area contributed by atoms with Crippen molar-refractivity contribution in [2.75, 3.05) is 33.2 Å². The van der Waals surface area contributed by atoms with Crippen molar-refractivity contribution in [3.8, 4) is 0 Å². The van der Waals surface area contributed by atoms with E-state index in [1.54, 1.807) is 0 Å². The number of aromatic nitrogens is 2. The molecule has 0 bridgehead atoms. The predicted octanol–water partition coefficient (Wildman–Crippen LogP) is 0.719. The molecule has 1 aliphatic heterocycles. The first-order valence-electron chi connectivity index (χ1n) is 5.71. The third-order valence-electron chi connectivity index (χ3n) is 3.12. The van der Waals surface area contributed by atoms with Gasteiger partial charge in [-0.05, 0) is 13.5 Å². The number of piperazine rings is 1. The summed E-state index contributed by atoms with van der Waals surface area (Å²) < 4.78 is 0. The Balaban J connectivity index is 1.91. The second-order valence-electron chi connectivity index (χ2n) is 4.26. The van der Waals surface area contributed by atoms with Gasteiger partial charge in [-0.3, -0.25) is 4.90 Å². The molecule has 4 nitrogen and oxygen atoms in total. The Morgan fingerprint density at radius 3 is 2.73 bits per heavy atom. The van der Waals surface area contributed by atoms with Crippen LogP contribution in [-0.2, 0) is 13.0 Å². The molecule has 1 aromatic rings. The van der Waals surface area contributed by atoms with Gasteiger partial charge in [0.1, 0.15) is 0 Å². The maximum Gasteiger partial charge on any atom is 0.0925 e. The van der Waals surface area contributed by atoms with Gasteiger partial charge in [-0.25, -0.2) is 4.98 Å². The van der Waals surface area contributed by atoms with E-state index in [1.807, 2.05) is 6.33 Å². The first-order chi connectivity index (χ1) is 7.29. The summed E-state index contributed by atoms with van der Waals surface area (Å²) in [7, 11) is 2.19. The summed E-state index contributed by atoms with van der Waals surface area (Å²) in [4.78, 5) is 12.4. The van der Waals surface area contributed by atoms with Gasteiger partial charge in [0.25, 0.3) is 0 Å². The Hall–Kier alpha value is -0.870. The average Bonchev–Trinajstić information content (AvgIpc) is 2.69. The lowest BCUT2D eigenvalue weighted by molar-refractivity contribution is 0.146. The second kappa shape index (κ2) is 4.77. The molecule has 0 spiro atoms. The van der Waals surface area contributed by atoms with Crippen LogP contribution in [0.5, 0.6) is 0 Å². The van der Waals surface area contributed by atoms with E-state index < -0.39 is 0 Å². The van der Waals surface area contributed by atoms with Crippen LogP contribution >= 0.6 is 0 Å². The number of aromatic amines is 1. The van der Waals surface area contributed by atoms with Crippen LogP contribution in [0.15, 0.2) is 6.33 Å². The van der Waals surface area contributed by atoms with Crippen LogP contribution < -0.4 is 0 Å². The molecular weight excluding hydrogens is 188 g/mol. The van der Waals surface area contributed by atoms with Crippen molar-refractivity contribution in [3.63, 3.8) is 0 Å². The number of rotatable bonds is 3. The Morgan fingerprint density at radius 2 is 2.07 bits per heavy atom. The van der Waals surface area contributed by atoms with Crippen molar-refractivity contribution in [2.24, 2.45) is 0 Å². The lowest BCUT2D eigenvalue weighted by atomic mass is 10.2. The fraction of sp³-hybridized carbons (Fsp3) is 0.727. The lowest BCUT2D eigenvalue weighted by Crippen LogP contribution is -2.44. The first kappa shape index (κ1) is 10.6. The van der Waals surface area contributed by atoms with E-state index in [9.17, 15) is 0 Å². The highest BCUT2D eigenvalue weighted by atomic mass is 15.2. The fourth-order valence-corrected chi connectivity index (χ4v) is 2.02. The van der Waals surface area contributed by atoms with Crippen molar-refractivity contribution >= 4 is 0 Å². The van der Waals surface area contributed by atoms with Gasteiger partial charge in [-0.15, -0.1) is 0 Å². The maximum atomic E-state index is 4.32. The van der Waals surface area contributed by atoms with Crippen LogP contribution in [0, 0.1) is 0 Å². The Bertz CT molecular complexity index is 299. The molecule has 1 saturated heterocycles. The molecule has 0 radical (unpaired) electrons. The van der Waals surface area contributed by atoms with E-state index in [2.05, 4.69) is 33.7 Å². The molecule has 84 valence electrons. The van der Waals surface area contributed by atoms with Gasteiger partial charge in [-0.1, -0.05) is 6.92 Å².